The van der Waals surface area contributed by atoms with Crippen LogP contribution in [0.4, 0.5) is 0 Å². The number of fused-ring (bicyclic) bond motifs is 1. The van der Waals surface area contributed by atoms with Crippen LogP contribution in [0, 0.1) is 0 Å². The van der Waals surface area contributed by atoms with Crippen LogP contribution in [0.15, 0.2) is 48.4 Å². The van der Waals surface area contributed by atoms with Crippen molar-refractivity contribution in [2.24, 2.45) is 0 Å². The van der Waals surface area contributed by atoms with Crippen molar-refractivity contribution in [2.45, 2.75) is 31.7 Å². The van der Waals surface area contributed by atoms with E-state index in [2.05, 4.69) is 11.3 Å². The summed E-state index contributed by atoms with van der Waals surface area (Å²) in [5.74, 6) is 0.0964. The fourth-order valence-corrected chi connectivity index (χ4v) is 4.49. The molecule has 0 aromatic heterocycles. The van der Waals surface area contributed by atoms with Gasteiger partial charge in [-0.2, -0.15) is 0 Å². The number of halogens is 1. The fraction of sp³-hybridized carbons (Fsp3) is 0.350. The summed E-state index contributed by atoms with van der Waals surface area (Å²) in [6.07, 6.45) is 2.31. The van der Waals surface area contributed by atoms with Gasteiger partial charge in [0, 0.05) is 41.4 Å². The number of piperidine rings is 1. The maximum absolute atomic E-state index is 12.6. The number of hydrogen-bond acceptors (Lipinski definition) is 3. The summed E-state index contributed by atoms with van der Waals surface area (Å²) in [7, 11) is -3.43. The van der Waals surface area contributed by atoms with Crippen molar-refractivity contribution in [3.05, 3.63) is 59.0 Å². The van der Waals surface area contributed by atoms with Crippen LogP contribution in [0.5, 0.6) is 0 Å². The van der Waals surface area contributed by atoms with E-state index in [1.807, 2.05) is 41.3 Å². The van der Waals surface area contributed by atoms with E-state index in [1.165, 1.54) is 0 Å². The van der Waals surface area contributed by atoms with Crippen LogP contribution in [0.2, 0.25) is 5.02 Å². The summed E-state index contributed by atoms with van der Waals surface area (Å²) in [4.78, 5) is 14.4. The first-order valence-electron chi connectivity index (χ1n) is 8.98. The molecular weight excluding hydrogens is 384 g/mol. The summed E-state index contributed by atoms with van der Waals surface area (Å²) in [5.41, 5.74) is 1.11. The molecule has 1 aliphatic heterocycles. The Balaban J connectivity index is 1.57. The van der Waals surface area contributed by atoms with E-state index < -0.39 is 10.0 Å². The van der Waals surface area contributed by atoms with E-state index in [0.717, 1.165) is 21.7 Å². The average molecular weight is 407 g/mol. The lowest BCUT2D eigenvalue weighted by Crippen LogP contribution is -2.46. The lowest BCUT2D eigenvalue weighted by molar-refractivity contribution is -0.132. The van der Waals surface area contributed by atoms with Gasteiger partial charge >= 0.3 is 0 Å². The highest BCUT2D eigenvalue weighted by atomic mass is 35.5. The molecule has 1 N–H and O–H groups in total. The highest BCUT2D eigenvalue weighted by Gasteiger charge is 2.24. The van der Waals surface area contributed by atoms with Gasteiger partial charge in [-0.15, -0.1) is 0 Å². The van der Waals surface area contributed by atoms with Gasteiger partial charge in [0.25, 0.3) is 0 Å². The number of likely N-dealkylation sites (tertiary alicyclic amines) is 1. The van der Waals surface area contributed by atoms with Gasteiger partial charge in [0.15, 0.2) is 0 Å². The molecule has 27 heavy (non-hydrogen) atoms. The van der Waals surface area contributed by atoms with E-state index in [9.17, 15) is 13.2 Å². The third kappa shape index (κ3) is 4.89. The Kier molecular flexibility index (Phi) is 6.19. The third-order valence-electron chi connectivity index (χ3n) is 4.97. The van der Waals surface area contributed by atoms with Crippen LogP contribution in [0.1, 0.15) is 24.8 Å². The highest BCUT2D eigenvalue weighted by molar-refractivity contribution is 7.92. The number of hydrogen-bond donors (Lipinski definition) is 1. The zero-order valence-electron chi connectivity index (χ0n) is 15.0. The number of nitrogens with zero attached hydrogens (tertiary/aromatic N) is 1. The van der Waals surface area contributed by atoms with Crippen molar-refractivity contribution in [3.63, 3.8) is 0 Å². The monoisotopic (exact) mass is 406 g/mol. The molecule has 7 heteroatoms. The Labute approximate surface area is 165 Å². The lowest BCUT2D eigenvalue weighted by atomic mass is 10.00. The molecule has 1 amide bonds. The van der Waals surface area contributed by atoms with E-state index in [-0.39, 0.29) is 11.9 Å². The van der Waals surface area contributed by atoms with Crippen molar-refractivity contribution in [2.75, 3.05) is 13.1 Å². The molecule has 3 rings (SSSR count). The summed E-state index contributed by atoms with van der Waals surface area (Å²) >= 11 is 6.25. The number of nitrogens with one attached hydrogen (secondary N) is 1. The van der Waals surface area contributed by atoms with Crippen molar-refractivity contribution in [1.82, 2.24) is 9.62 Å². The van der Waals surface area contributed by atoms with Crippen molar-refractivity contribution >= 4 is 38.3 Å². The maximum Gasteiger partial charge on any atom is 0.233 e. The minimum Gasteiger partial charge on any atom is -0.343 e. The fourth-order valence-electron chi connectivity index (χ4n) is 3.47. The van der Waals surface area contributed by atoms with Gasteiger partial charge in [-0.25, -0.2) is 13.1 Å². The molecule has 2 aromatic rings. The van der Waals surface area contributed by atoms with Crippen LogP contribution < -0.4 is 4.72 Å². The molecule has 1 heterocycles. The third-order valence-corrected chi connectivity index (χ3v) is 6.40. The zero-order chi connectivity index (χ0) is 19.4. The van der Waals surface area contributed by atoms with Crippen molar-refractivity contribution in [3.8, 4) is 0 Å². The number of carbonyl (C=O) groups excluding carboxylic acids is 1. The predicted octanol–water partition coefficient (Wildman–Crippen LogP) is 3.48. The van der Waals surface area contributed by atoms with E-state index >= 15 is 0 Å². The molecule has 0 atom stereocenters. The quantitative estimate of drug-likeness (QED) is 0.798. The number of amides is 1. The molecule has 2 aromatic carbocycles. The molecular formula is C20H23ClN2O3S. The number of benzene rings is 2. The number of rotatable bonds is 6. The van der Waals surface area contributed by atoms with Crippen LogP contribution in [-0.2, 0) is 21.2 Å². The Morgan fingerprint density at radius 2 is 1.85 bits per heavy atom. The van der Waals surface area contributed by atoms with Gasteiger partial charge in [-0.05, 0) is 36.3 Å². The maximum atomic E-state index is 12.6. The van der Waals surface area contributed by atoms with Gasteiger partial charge in [0.2, 0.25) is 15.9 Å². The summed E-state index contributed by atoms with van der Waals surface area (Å²) in [5, 5.41) is 3.71. The minimum absolute atomic E-state index is 0.0964. The number of sulfonamides is 1. The lowest BCUT2D eigenvalue weighted by Gasteiger charge is -2.32. The largest absolute Gasteiger partial charge is 0.343 e. The molecule has 1 fully saturated rings. The van der Waals surface area contributed by atoms with E-state index in [4.69, 9.17) is 11.6 Å². The van der Waals surface area contributed by atoms with Gasteiger partial charge < -0.3 is 4.90 Å². The Morgan fingerprint density at radius 3 is 2.52 bits per heavy atom. The molecule has 1 saturated heterocycles. The second kappa shape index (κ2) is 8.42. The molecule has 0 bridgehead atoms. The predicted molar refractivity (Wildman–Crippen MR) is 109 cm³/mol. The Hall–Kier alpha value is -1.89. The molecule has 1 aliphatic rings. The standard InChI is InChI=1S/C20H23ClN2O3S/c1-2-27(25,26)22-16-11-13-23(14-12-16)20(24)10-8-15-7-9-19(21)18-6-4-3-5-17(15)18/h2-7,9,16,22H,1,8,10-14H2. The smallest absolute Gasteiger partial charge is 0.233 e. The average Bonchev–Trinajstić information content (AvgIpc) is 2.68. The summed E-state index contributed by atoms with van der Waals surface area (Å²) in [6.45, 7) is 4.42. The molecule has 144 valence electrons. The SMILES string of the molecule is C=CS(=O)(=O)NC1CCN(C(=O)CCc2ccc(Cl)c3ccccc23)CC1. The van der Waals surface area contributed by atoms with Crippen molar-refractivity contribution < 1.29 is 13.2 Å². The second-order valence-corrected chi connectivity index (χ2v) is 8.80. The number of aryl methyl sites for hydroxylation is 1. The van der Waals surface area contributed by atoms with Crippen LogP contribution >= 0.6 is 11.6 Å². The molecule has 0 saturated carbocycles. The van der Waals surface area contributed by atoms with E-state index in [1.54, 1.807) is 0 Å². The molecule has 0 unspecified atom stereocenters. The minimum atomic E-state index is -3.43. The Bertz CT molecular complexity index is 951. The van der Waals surface area contributed by atoms with Crippen LogP contribution in [-0.4, -0.2) is 38.4 Å². The second-order valence-electron chi connectivity index (χ2n) is 6.74. The van der Waals surface area contributed by atoms with E-state index in [0.29, 0.717) is 43.8 Å². The molecule has 0 aliphatic carbocycles. The van der Waals surface area contributed by atoms with Gasteiger partial charge in [-0.3, -0.25) is 4.79 Å². The molecule has 0 radical (unpaired) electrons. The molecule has 5 nitrogen and oxygen atoms in total. The van der Waals surface area contributed by atoms with Crippen LogP contribution in [0.25, 0.3) is 10.8 Å². The zero-order valence-corrected chi connectivity index (χ0v) is 16.6. The first-order valence-corrected chi connectivity index (χ1v) is 10.9. The summed E-state index contributed by atoms with van der Waals surface area (Å²) < 4.78 is 25.7. The van der Waals surface area contributed by atoms with Gasteiger partial charge in [0.1, 0.15) is 0 Å². The number of carbonyl (C=O) groups is 1. The summed E-state index contributed by atoms with van der Waals surface area (Å²) in [6, 6.07) is 11.6. The van der Waals surface area contributed by atoms with Gasteiger partial charge in [-0.1, -0.05) is 48.5 Å². The van der Waals surface area contributed by atoms with Crippen LogP contribution in [0.3, 0.4) is 0 Å². The first-order chi connectivity index (χ1) is 12.9. The topological polar surface area (TPSA) is 66.5 Å². The van der Waals surface area contributed by atoms with Crippen molar-refractivity contribution in [1.29, 1.82) is 0 Å². The van der Waals surface area contributed by atoms with Gasteiger partial charge in [0.05, 0.1) is 0 Å². The Morgan fingerprint density at radius 1 is 1.19 bits per heavy atom. The molecule has 0 spiro atoms. The first kappa shape index (κ1) is 19.9. The normalized spacial score (nSPS) is 15.8. The highest BCUT2D eigenvalue weighted by Crippen LogP contribution is 2.27.